The Bertz CT molecular complexity index is 673. The molecule has 0 bridgehead atoms. The number of alkyl halides is 1. The minimum atomic E-state index is -1.78. The van der Waals surface area contributed by atoms with Gasteiger partial charge in [0.15, 0.2) is 11.5 Å². The van der Waals surface area contributed by atoms with Crippen LogP contribution >= 0.6 is 0 Å². The topological polar surface area (TPSA) is 74.8 Å². The molecule has 0 saturated heterocycles. The third-order valence-corrected chi connectivity index (χ3v) is 4.40. The van der Waals surface area contributed by atoms with Gasteiger partial charge in [0.05, 0.1) is 6.54 Å². The molecule has 2 aliphatic rings. The summed E-state index contributed by atoms with van der Waals surface area (Å²) in [6.07, 6.45) is 2.08. The molecule has 1 aromatic carbocycles. The lowest BCUT2D eigenvalue weighted by Gasteiger charge is -2.23. The van der Waals surface area contributed by atoms with Crippen LogP contribution in [0.15, 0.2) is 30.3 Å². The normalized spacial score (nSPS) is 26.7. The fraction of sp³-hybridized carbons (Fsp3) is 0.467. The highest BCUT2D eigenvalue weighted by Crippen LogP contribution is 2.56. The number of H-pyrrole nitrogens is 1. The molecule has 2 atom stereocenters. The molecule has 2 fully saturated rings. The third kappa shape index (κ3) is 2.26. The molecule has 1 N–H and O–H groups in total. The van der Waals surface area contributed by atoms with Crippen LogP contribution < -0.4 is 0 Å². The second kappa shape index (κ2) is 4.86. The van der Waals surface area contributed by atoms with Gasteiger partial charge >= 0.3 is 0 Å². The van der Waals surface area contributed by atoms with Gasteiger partial charge in [0.2, 0.25) is 0 Å². The highest BCUT2D eigenvalue weighted by Gasteiger charge is 2.64. The Hall–Kier alpha value is -2.31. The zero-order valence-electron chi connectivity index (χ0n) is 11.9. The summed E-state index contributed by atoms with van der Waals surface area (Å²) in [6.45, 7) is 0.215. The molecule has 2 aromatic rings. The molecule has 0 radical (unpaired) electrons. The molecule has 1 amide bonds. The van der Waals surface area contributed by atoms with E-state index >= 15 is 4.39 Å². The first kappa shape index (κ1) is 13.4. The Balaban J connectivity index is 1.52. The summed E-state index contributed by atoms with van der Waals surface area (Å²) in [5, 5.41) is 13.6. The smallest absolute Gasteiger partial charge is 0.261 e. The summed E-state index contributed by atoms with van der Waals surface area (Å²) in [7, 11) is 0. The summed E-state index contributed by atoms with van der Waals surface area (Å²) in [4.78, 5) is 14.3. The second-order valence-electron chi connectivity index (χ2n) is 6.02. The number of tetrazole rings is 1. The Morgan fingerprint density at radius 3 is 2.77 bits per heavy atom. The number of hydrogen-bond donors (Lipinski definition) is 1. The minimum Gasteiger partial charge on any atom is -0.329 e. The van der Waals surface area contributed by atoms with Crippen molar-refractivity contribution in [2.75, 3.05) is 0 Å². The van der Waals surface area contributed by atoms with E-state index in [1.54, 1.807) is 4.90 Å². The molecule has 114 valence electrons. The van der Waals surface area contributed by atoms with Crippen LogP contribution in [0.4, 0.5) is 4.39 Å². The number of nitrogens with one attached hydrogen (secondary N) is 1. The number of nitrogens with zero attached hydrogens (tertiary/aromatic N) is 4. The van der Waals surface area contributed by atoms with Crippen LogP contribution in [0.2, 0.25) is 0 Å². The standard InChI is InChI=1S/C15H16FN5O/c16-15(8-12(15)10-4-2-1-3-5-10)14(22)21(11-6-7-11)9-13-17-19-20-18-13/h1-5,11-12H,6-9H2,(H,17,18,19,20)/t12-,15-/m0/s1. The van der Waals surface area contributed by atoms with Gasteiger partial charge in [-0.25, -0.2) is 4.39 Å². The van der Waals surface area contributed by atoms with Gasteiger partial charge in [0.25, 0.3) is 5.91 Å². The van der Waals surface area contributed by atoms with E-state index in [0.717, 1.165) is 18.4 Å². The summed E-state index contributed by atoms with van der Waals surface area (Å²) >= 11 is 0. The van der Waals surface area contributed by atoms with E-state index in [2.05, 4.69) is 20.6 Å². The van der Waals surface area contributed by atoms with Crippen LogP contribution in [0.25, 0.3) is 0 Å². The number of aromatic amines is 1. The molecule has 0 spiro atoms. The quantitative estimate of drug-likeness (QED) is 0.910. The first-order valence-electron chi connectivity index (χ1n) is 7.46. The van der Waals surface area contributed by atoms with Gasteiger partial charge in [-0.2, -0.15) is 5.21 Å². The number of carbonyl (C=O) groups is 1. The molecule has 2 aliphatic carbocycles. The van der Waals surface area contributed by atoms with Crippen molar-refractivity contribution in [3.8, 4) is 0 Å². The van der Waals surface area contributed by atoms with Gasteiger partial charge in [-0.1, -0.05) is 35.5 Å². The molecule has 6 nitrogen and oxygen atoms in total. The van der Waals surface area contributed by atoms with Crippen LogP contribution in [-0.4, -0.2) is 43.1 Å². The van der Waals surface area contributed by atoms with E-state index in [1.807, 2.05) is 30.3 Å². The first-order valence-corrected chi connectivity index (χ1v) is 7.46. The lowest BCUT2D eigenvalue weighted by molar-refractivity contribution is -0.139. The highest BCUT2D eigenvalue weighted by atomic mass is 19.1. The maximum atomic E-state index is 15.1. The van der Waals surface area contributed by atoms with Crippen LogP contribution in [0.5, 0.6) is 0 Å². The van der Waals surface area contributed by atoms with E-state index in [1.165, 1.54) is 0 Å². The SMILES string of the molecule is O=C(N(Cc1nn[nH]n1)C1CC1)[C@]1(F)C[C@H]1c1ccccc1. The summed E-state index contributed by atoms with van der Waals surface area (Å²) in [5.74, 6) is -0.359. The predicted octanol–water partition coefficient (Wildman–Crippen LogP) is 1.59. The number of halogens is 1. The van der Waals surface area contributed by atoms with Crippen molar-refractivity contribution in [1.29, 1.82) is 0 Å². The van der Waals surface area contributed by atoms with Gasteiger partial charge in [-0.3, -0.25) is 4.79 Å². The zero-order valence-corrected chi connectivity index (χ0v) is 11.9. The summed E-state index contributed by atoms with van der Waals surface area (Å²) in [6, 6.07) is 9.49. The van der Waals surface area contributed by atoms with E-state index in [0.29, 0.717) is 5.82 Å². The van der Waals surface area contributed by atoms with Gasteiger partial charge in [0.1, 0.15) is 0 Å². The van der Waals surface area contributed by atoms with E-state index < -0.39 is 11.6 Å². The molecule has 0 aliphatic heterocycles. The third-order valence-electron chi connectivity index (χ3n) is 4.40. The van der Waals surface area contributed by atoms with Gasteiger partial charge in [0, 0.05) is 18.4 Å². The van der Waals surface area contributed by atoms with Crippen molar-refractivity contribution in [2.45, 2.75) is 43.4 Å². The van der Waals surface area contributed by atoms with Crippen molar-refractivity contribution in [3.05, 3.63) is 41.7 Å². The monoisotopic (exact) mass is 301 g/mol. The van der Waals surface area contributed by atoms with E-state index in [-0.39, 0.29) is 24.9 Å². The van der Waals surface area contributed by atoms with Crippen LogP contribution in [0, 0.1) is 0 Å². The number of hydrogen-bond acceptors (Lipinski definition) is 4. The first-order chi connectivity index (χ1) is 10.7. The fourth-order valence-electron chi connectivity index (χ4n) is 2.94. The van der Waals surface area contributed by atoms with E-state index in [4.69, 9.17) is 0 Å². The number of benzene rings is 1. The van der Waals surface area contributed by atoms with Crippen molar-refractivity contribution in [1.82, 2.24) is 25.5 Å². The van der Waals surface area contributed by atoms with E-state index in [9.17, 15) is 4.79 Å². The van der Waals surface area contributed by atoms with Crippen molar-refractivity contribution < 1.29 is 9.18 Å². The number of amides is 1. The van der Waals surface area contributed by atoms with Crippen LogP contribution in [-0.2, 0) is 11.3 Å². The summed E-state index contributed by atoms with van der Waals surface area (Å²) in [5.41, 5.74) is -0.901. The number of carbonyl (C=O) groups excluding carboxylic acids is 1. The molecule has 22 heavy (non-hydrogen) atoms. The number of rotatable bonds is 5. The largest absolute Gasteiger partial charge is 0.329 e. The molecule has 4 rings (SSSR count). The Labute approximate surface area is 126 Å². The van der Waals surface area contributed by atoms with Crippen LogP contribution in [0.3, 0.4) is 0 Å². The molecule has 1 heterocycles. The predicted molar refractivity (Wildman–Crippen MR) is 75.4 cm³/mol. The van der Waals surface area contributed by atoms with Gasteiger partial charge in [-0.15, -0.1) is 10.2 Å². The van der Waals surface area contributed by atoms with Gasteiger partial charge in [-0.05, 0) is 18.4 Å². The Morgan fingerprint density at radius 2 is 2.14 bits per heavy atom. The number of aromatic nitrogens is 4. The van der Waals surface area contributed by atoms with Gasteiger partial charge < -0.3 is 4.90 Å². The average molecular weight is 301 g/mol. The molecule has 0 unspecified atom stereocenters. The molecular formula is C15H16FN5O. The maximum Gasteiger partial charge on any atom is 0.261 e. The van der Waals surface area contributed by atoms with Crippen LogP contribution in [0.1, 0.15) is 36.6 Å². The lowest BCUT2D eigenvalue weighted by atomic mass is 10.1. The average Bonchev–Trinajstić information content (AvgIpc) is 3.45. The second-order valence-corrected chi connectivity index (χ2v) is 6.02. The van der Waals surface area contributed by atoms with Crippen molar-refractivity contribution >= 4 is 5.91 Å². The lowest BCUT2D eigenvalue weighted by Crippen LogP contribution is -2.40. The molecule has 2 saturated carbocycles. The minimum absolute atomic E-state index is 0.107. The molecular weight excluding hydrogens is 285 g/mol. The molecule has 7 heteroatoms. The molecule has 1 aromatic heterocycles. The fourth-order valence-corrected chi connectivity index (χ4v) is 2.94. The Morgan fingerprint density at radius 1 is 1.36 bits per heavy atom. The maximum absolute atomic E-state index is 15.1. The van der Waals surface area contributed by atoms with Crippen molar-refractivity contribution in [3.63, 3.8) is 0 Å². The Kier molecular flexibility index (Phi) is 2.95. The van der Waals surface area contributed by atoms with Crippen molar-refractivity contribution in [2.24, 2.45) is 0 Å². The summed E-state index contributed by atoms with van der Waals surface area (Å²) < 4.78 is 15.1. The zero-order chi connectivity index (χ0) is 15.2. The highest BCUT2D eigenvalue weighted by molar-refractivity contribution is 5.90.